The summed E-state index contributed by atoms with van der Waals surface area (Å²) in [6.45, 7) is 6.42. The minimum absolute atomic E-state index is 0.0668. The number of hydrogen-bond donors (Lipinski definition) is 3. The molecule has 1 amide bonds. The predicted molar refractivity (Wildman–Crippen MR) is 259 cm³/mol. The molecule has 0 saturated heterocycles. The predicted octanol–water partition coefficient (Wildman–Crippen LogP) is 15.5. The Kier molecular flexibility index (Phi) is 46.1. The van der Waals surface area contributed by atoms with Gasteiger partial charge in [-0.3, -0.25) is 9.59 Å². The number of amides is 1. The van der Waals surface area contributed by atoms with Gasteiger partial charge in [0, 0.05) is 6.42 Å². The molecule has 0 aromatic carbocycles. The third-order valence-corrected chi connectivity index (χ3v) is 11.6. The van der Waals surface area contributed by atoms with Gasteiger partial charge in [0.05, 0.1) is 25.2 Å². The molecular formula is C54H99NO5. The number of unbranched alkanes of at least 4 members (excludes halogenated alkanes) is 26. The normalized spacial score (nSPS) is 13.6. The van der Waals surface area contributed by atoms with Gasteiger partial charge in [-0.25, -0.2) is 0 Å². The molecule has 0 aliphatic carbocycles. The number of ether oxygens (including phenoxy) is 1. The molecule has 60 heavy (non-hydrogen) atoms. The minimum Gasteiger partial charge on any atom is -0.462 e. The standard InChI is InChI=1S/C54H99NO5/c1-4-7-10-13-16-19-21-23-24-25-26-27-28-30-32-35-38-41-44-47-54(59)60-50(45-42-39-36-34-31-29-22-20-17-14-11-8-5-2)48-53(58)55-51(49-56)52(57)46-43-40-37-33-18-15-12-9-6-3/h16,19-20,22-24,26-27,50-52,56-57H,4-15,17-18,21,25,28-49H2,1-3H3,(H,55,58)/b19-16-,22-20-,24-23-,27-26-. The van der Waals surface area contributed by atoms with E-state index in [1.165, 1.54) is 128 Å². The number of aliphatic hydroxyl groups excluding tert-OH is 2. The quantitative estimate of drug-likeness (QED) is 0.0322. The molecule has 0 rings (SSSR count). The molecule has 0 saturated carbocycles. The highest BCUT2D eigenvalue weighted by atomic mass is 16.5. The van der Waals surface area contributed by atoms with Crippen LogP contribution in [0.15, 0.2) is 48.6 Å². The Morgan fingerprint density at radius 2 is 0.850 bits per heavy atom. The molecule has 3 unspecified atom stereocenters. The first-order valence-corrected chi connectivity index (χ1v) is 25.9. The number of allylic oxidation sites excluding steroid dienone is 8. The lowest BCUT2D eigenvalue weighted by Gasteiger charge is -2.24. The van der Waals surface area contributed by atoms with Crippen LogP contribution in [0.4, 0.5) is 0 Å². The Morgan fingerprint density at radius 1 is 0.483 bits per heavy atom. The highest BCUT2D eigenvalue weighted by Gasteiger charge is 2.24. The molecule has 0 radical (unpaired) electrons. The van der Waals surface area contributed by atoms with Crippen molar-refractivity contribution in [2.45, 2.75) is 277 Å². The first-order valence-electron chi connectivity index (χ1n) is 25.9. The number of esters is 1. The zero-order valence-corrected chi connectivity index (χ0v) is 39.8. The fourth-order valence-corrected chi connectivity index (χ4v) is 7.67. The van der Waals surface area contributed by atoms with E-state index in [-0.39, 0.29) is 24.9 Å². The maximum atomic E-state index is 13.2. The molecule has 3 atom stereocenters. The van der Waals surface area contributed by atoms with Crippen molar-refractivity contribution in [2.75, 3.05) is 6.61 Å². The third-order valence-electron chi connectivity index (χ3n) is 11.6. The van der Waals surface area contributed by atoms with Crippen molar-refractivity contribution in [1.82, 2.24) is 5.32 Å². The van der Waals surface area contributed by atoms with E-state index in [0.717, 1.165) is 83.5 Å². The minimum atomic E-state index is -0.790. The average Bonchev–Trinajstić information content (AvgIpc) is 3.24. The summed E-state index contributed by atoms with van der Waals surface area (Å²) < 4.78 is 5.92. The summed E-state index contributed by atoms with van der Waals surface area (Å²) >= 11 is 0. The van der Waals surface area contributed by atoms with Crippen LogP contribution in [0.3, 0.4) is 0 Å². The number of nitrogens with one attached hydrogen (secondary N) is 1. The van der Waals surface area contributed by atoms with Gasteiger partial charge in [0.15, 0.2) is 0 Å². The lowest BCUT2D eigenvalue weighted by Crippen LogP contribution is -2.46. The zero-order chi connectivity index (χ0) is 43.8. The van der Waals surface area contributed by atoms with Gasteiger partial charge < -0.3 is 20.3 Å². The molecule has 0 aromatic rings. The molecule has 0 spiro atoms. The maximum Gasteiger partial charge on any atom is 0.306 e. The number of hydrogen-bond acceptors (Lipinski definition) is 5. The Labute approximate surface area is 372 Å². The fraction of sp³-hybridized carbons (Fsp3) is 0.815. The lowest BCUT2D eigenvalue weighted by atomic mass is 10.0. The molecule has 6 nitrogen and oxygen atoms in total. The number of aliphatic hydroxyl groups is 2. The van der Waals surface area contributed by atoms with Crippen molar-refractivity contribution in [3.05, 3.63) is 48.6 Å². The van der Waals surface area contributed by atoms with Crippen LogP contribution in [0.2, 0.25) is 0 Å². The molecular weight excluding hydrogens is 743 g/mol. The first-order chi connectivity index (χ1) is 29.5. The highest BCUT2D eigenvalue weighted by molar-refractivity contribution is 5.77. The first kappa shape index (κ1) is 57.8. The molecule has 0 aliphatic rings. The van der Waals surface area contributed by atoms with Crippen molar-refractivity contribution in [3.63, 3.8) is 0 Å². The van der Waals surface area contributed by atoms with Crippen LogP contribution in [0.1, 0.15) is 258 Å². The summed E-state index contributed by atoms with van der Waals surface area (Å²) in [5.74, 6) is -0.493. The highest BCUT2D eigenvalue weighted by Crippen LogP contribution is 2.17. The second-order valence-electron chi connectivity index (χ2n) is 17.6. The van der Waals surface area contributed by atoms with Gasteiger partial charge in [-0.1, -0.05) is 204 Å². The van der Waals surface area contributed by atoms with Crippen LogP contribution in [0.25, 0.3) is 0 Å². The van der Waals surface area contributed by atoms with Crippen molar-refractivity contribution >= 4 is 11.9 Å². The monoisotopic (exact) mass is 842 g/mol. The van der Waals surface area contributed by atoms with E-state index < -0.39 is 18.2 Å². The summed E-state index contributed by atoms with van der Waals surface area (Å²) in [5, 5.41) is 23.7. The van der Waals surface area contributed by atoms with Crippen LogP contribution in [0, 0.1) is 0 Å². The maximum absolute atomic E-state index is 13.2. The Bertz CT molecular complexity index is 1040. The second kappa shape index (κ2) is 47.9. The molecule has 0 fully saturated rings. The smallest absolute Gasteiger partial charge is 0.306 e. The number of carbonyl (C=O) groups is 2. The molecule has 3 N–H and O–H groups in total. The van der Waals surface area contributed by atoms with E-state index >= 15 is 0 Å². The van der Waals surface area contributed by atoms with Gasteiger partial charge in [0.2, 0.25) is 5.91 Å². The van der Waals surface area contributed by atoms with Crippen LogP contribution >= 0.6 is 0 Å². The second-order valence-corrected chi connectivity index (χ2v) is 17.6. The number of rotatable bonds is 46. The SMILES string of the molecule is CCCCC/C=C\C/C=C\C/C=C\CCCCCCCCC(=O)OC(CCCCCCC/C=C\CCCCCC)CC(=O)NC(CO)C(O)CCCCCCCCCCC. The van der Waals surface area contributed by atoms with E-state index in [0.29, 0.717) is 19.3 Å². The Balaban J connectivity index is 4.56. The van der Waals surface area contributed by atoms with Crippen molar-refractivity contribution in [1.29, 1.82) is 0 Å². The lowest BCUT2D eigenvalue weighted by molar-refractivity contribution is -0.151. The van der Waals surface area contributed by atoms with Gasteiger partial charge in [0.1, 0.15) is 6.10 Å². The third kappa shape index (κ3) is 42.5. The topological polar surface area (TPSA) is 95.9 Å². The van der Waals surface area contributed by atoms with Crippen LogP contribution < -0.4 is 5.32 Å². The van der Waals surface area contributed by atoms with E-state index in [9.17, 15) is 19.8 Å². The molecule has 350 valence electrons. The Hall–Kier alpha value is -2.18. The van der Waals surface area contributed by atoms with E-state index in [2.05, 4.69) is 74.7 Å². The van der Waals surface area contributed by atoms with Crippen LogP contribution in [-0.4, -0.2) is 46.9 Å². The fourth-order valence-electron chi connectivity index (χ4n) is 7.67. The largest absolute Gasteiger partial charge is 0.462 e. The molecule has 0 aromatic heterocycles. The zero-order valence-electron chi connectivity index (χ0n) is 39.8. The Morgan fingerprint density at radius 3 is 1.35 bits per heavy atom. The summed E-state index contributed by atoms with van der Waals surface area (Å²) in [6.07, 6.45) is 57.4. The molecule has 6 heteroatoms. The van der Waals surface area contributed by atoms with E-state index in [1.54, 1.807) is 0 Å². The molecule has 0 heterocycles. The summed E-state index contributed by atoms with van der Waals surface area (Å²) in [6, 6.07) is -0.705. The van der Waals surface area contributed by atoms with E-state index in [1.807, 2.05) is 0 Å². The number of carbonyl (C=O) groups excluding carboxylic acids is 2. The average molecular weight is 842 g/mol. The van der Waals surface area contributed by atoms with Gasteiger partial charge in [-0.15, -0.1) is 0 Å². The van der Waals surface area contributed by atoms with Gasteiger partial charge in [0.25, 0.3) is 0 Å². The molecule has 0 aliphatic heterocycles. The van der Waals surface area contributed by atoms with Crippen molar-refractivity contribution < 1.29 is 24.5 Å². The van der Waals surface area contributed by atoms with Crippen LogP contribution in [0.5, 0.6) is 0 Å². The molecule has 0 bridgehead atoms. The van der Waals surface area contributed by atoms with E-state index in [4.69, 9.17) is 4.74 Å². The van der Waals surface area contributed by atoms with Crippen molar-refractivity contribution in [3.8, 4) is 0 Å². The van der Waals surface area contributed by atoms with Gasteiger partial charge in [-0.2, -0.15) is 0 Å². The van der Waals surface area contributed by atoms with Crippen molar-refractivity contribution in [2.24, 2.45) is 0 Å². The van der Waals surface area contributed by atoms with Gasteiger partial charge in [-0.05, 0) is 89.9 Å². The van der Waals surface area contributed by atoms with Gasteiger partial charge >= 0.3 is 5.97 Å². The van der Waals surface area contributed by atoms with Crippen LogP contribution in [-0.2, 0) is 14.3 Å². The summed E-state index contributed by atoms with van der Waals surface area (Å²) in [7, 11) is 0. The summed E-state index contributed by atoms with van der Waals surface area (Å²) in [4.78, 5) is 26.1. The summed E-state index contributed by atoms with van der Waals surface area (Å²) in [5.41, 5.74) is 0.